The lowest BCUT2D eigenvalue weighted by atomic mass is 10.2. The van der Waals surface area contributed by atoms with Crippen LogP contribution in [0.3, 0.4) is 0 Å². The van der Waals surface area contributed by atoms with Gasteiger partial charge in [-0.05, 0) is 25.3 Å². The zero-order valence-corrected chi connectivity index (χ0v) is 10.8. The maximum absolute atomic E-state index is 10.8. The number of nitrogens with zero attached hydrogens (tertiary/aromatic N) is 1. The van der Waals surface area contributed by atoms with Crippen LogP contribution in [0.4, 0.5) is 17.1 Å². The van der Waals surface area contributed by atoms with E-state index < -0.39 is 4.92 Å². The summed E-state index contributed by atoms with van der Waals surface area (Å²) in [5, 5.41) is 14.1. The molecule has 1 aliphatic rings. The number of nitrogens with one attached hydrogen (secondary N) is 2. The zero-order chi connectivity index (χ0) is 13.8. The van der Waals surface area contributed by atoms with E-state index in [9.17, 15) is 10.1 Å². The van der Waals surface area contributed by atoms with E-state index in [0.29, 0.717) is 11.4 Å². The normalized spacial score (nSPS) is 22.2. The SMILES string of the molecule is COC1CCC(Nc2cc(NN)cc([N+](=O)[O-])c2)C1. The van der Waals surface area contributed by atoms with Crippen LogP contribution in [0.15, 0.2) is 18.2 Å². The molecular weight excluding hydrogens is 248 g/mol. The highest BCUT2D eigenvalue weighted by atomic mass is 16.6. The Morgan fingerprint density at radius 3 is 2.68 bits per heavy atom. The number of hydrazine groups is 1. The maximum Gasteiger partial charge on any atom is 0.273 e. The second kappa shape index (κ2) is 5.85. The molecule has 7 heteroatoms. The topological polar surface area (TPSA) is 102 Å². The number of methoxy groups -OCH3 is 1. The lowest BCUT2D eigenvalue weighted by Gasteiger charge is -2.15. The minimum atomic E-state index is -0.432. The van der Waals surface area contributed by atoms with Crippen molar-refractivity contribution in [3.63, 3.8) is 0 Å². The van der Waals surface area contributed by atoms with Gasteiger partial charge in [0.25, 0.3) is 5.69 Å². The molecule has 104 valence electrons. The number of nitrogen functional groups attached to an aromatic ring is 1. The van der Waals surface area contributed by atoms with E-state index in [4.69, 9.17) is 10.6 Å². The van der Waals surface area contributed by atoms with Crippen LogP contribution in [-0.4, -0.2) is 24.2 Å². The van der Waals surface area contributed by atoms with Gasteiger partial charge >= 0.3 is 0 Å². The number of hydrogen-bond donors (Lipinski definition) is 3. The van der Waals surface area contributed by atoms with Gasteiger partial charge in [0.2, 0.25) is 0 Å². The molecule has 0 heterocycles. The molecule has 1 aromatic carbocycles. The molecule has 2 unspecified atom stereocenters. The quantitative estimate of drug-likeness (QED) is 0.427. The fourth-order valence-corrected chi connectivity index (χ4v) is 2.40. The predicted molar refractivity (Wildman–Crippen MR) is 73.0 cm³/mol. The van der Waals surface area contributed by atoms with Gasteiger partial charge in [0.15, 0.2) is 0 Å². The highest BCUT2D eigenvalue weighted by molar-refractivity contribution is 5.63. The van der Waals surface area contributed by atoms with E-state index in [-0.39, 0.29) is 17.8 Å². The summed E-state index contributed by atoms with van der Waals surface area (Å²) in [6.07, 6.45) is 3.17. The summed E-state index contributed by atoms with van der Waals surface area (Å²) in [7, 11) is 1.71. The summed E-state index contributed by atoms with van der Waals surface area (Å²) in [6, 6.07) is 4.95. The molecule has 0 amide bonds. The fourth-order valence-electron chi connectivity index (χ4n) is 2.40. The summed E-state index contributed by atoms with van der Waals surface area (Å²) in [6.45, 7) is 0. The van der Waals surface area contributed by atoms with Gasteiger partial charge in [0.05, 0.1) is 16.7 Å². The van der Waals surface area contributed by atoms with Crippen molar-refractivity contribution in [2.24, 2.45) is 5.84 Å². The molecular formula is C12H18N4O3. The standard InChI is InChI=1S/C12H18N4O3/c1-19-12-3-2-8(7-12)14-9-4-10(15-13)6-11(5-9)16(17)18/h4-6,8,12,14-15H,2-3,7,13H2,1H3. The molecule has 4 N–H and O–H groups in total. The van der Waals surface area contributed by atoms with Gasteiger partial charge in [-0.25, -0.2) is 0 Å². The number of hydrogen-bond acceptors (Lipinski definition) is 6. The molecule has 0 bridgehead atoms. The van der Waals surface area contributed by atoms with E-state index >= 15 is 0 Å². The first-order valence-corrected chi connectivity index (χ1v) is 6.18. The molecule has 1 aliphatic carbocycles. The summed E-state index contributed by atoms with van der Waals surface area (Å²) in [5.74, 6) is 5.32. The Labute approximate surface area is 111 Å². The van der Waals surface area contributed by atoms with Crippen LogP contribution < -0.4 is 16.6 Å². The number of ether oxygens (including phenoxy) is 1. The summed E-state index contributed by atoms with van der Waals surface area (Å²) >= 11 is 0. The van der Waals surface area contributed by atoms with E-state index in [1.165, 1.54) is 12.1 Å². The average molecular weight is 266 g/mol. The molecule has 19 heavy (non-hydrogen) atoms. The van der Waals surface area contributed by atoms with Crippen LogP contribution in [0.2, 0.25) is 0 Å². The van der Waals surface area contributed by atoms with Crippen LogP contribution in [0, 0.1) is 10.1 Å². The molecule has 1 saturated carbocycles. The molecule has 1 aromatic rings. The van der Waals surface area contributed by atoms with Crippen molar-refractivity contribution in [1.82, 2.24) is 0 Å². The van der Waals surface area contributed by atoms with Crippen molar-refractivity contribution in [3.8, 4) is 0 Å². The van der Waals surface area contributed by atoms with Crippen molar-refractivity contribution < 1.29 is 9.66 Å². The lowest BCUT2D eigenvalue weighted by Crippen LogP contribution is -2.17. The molecule has 0 saturated heterocycles. The van der Waals surface area contributed by atoms with Gasteiger partial charge in [-0.2, -0.15) is 0 Å². The minimum absolute atomic E-state index is 0.0132. The molecule has 0 spiro atoms. The third-order valence-electron chi connectivity index (χ3n) is 3.38. The summed E-state index contributed by atoms with van der Waals surface area (Å²) in [4.78, 5) is 10.4. The molecule has 7 nitrogen and oxygen atoms in total. The third-order valence-corrected chi connectivity index (χ3v) is 3.38. The molecule has 2 rings (SSSR count). The van der Waals surface area contributed by atoms with Crippen molar-refractivity contribution in [2.75, 3.05) is 17.9 Å². The predicted octanol–water partition coefficient (Wildman–Crippen LogP) is 1.86. The number of benzene rings is 1. The van der Waals surface area contributed by atoms with Crippen LogP contribution in [0.1, 0.15) is 19.3 Å². The first-order valence-electron chi connectivity index (χ1n) is 6.18. The number of nitrogens with two attached hydrogens (primary N) is 1. The Morgan fingerprint density at radius 2 is 2.11 bits per heavy atom. The van der Waals surface area contributed by atoms with Crippen molar-refractivity contribution in [1.29, 1.82) is 0 Å². The van der Waals surface area contributed by atoms with Crippen LogP contribution in [0.25, 0.3) is 0 Å². The van der Waals surface area contributed by atoms with Gasteiger partial charge in [-0.1, -0.05) is 0 Å². The second-order valence-electron chi connectivity index (χ2n) is 4.68. The second-order valence-corrected chi connectivity index (χ2v) is 4.68. The maximum atomic E-state index is 10.8. The van der Waals surface area contributed by atoms with Crippen molar-refractivity contribution in [2.45, 2.75) is 31.4 Å². The molecule has 1 fully saturated rings. The van der Waals surface area contributed by atoms with E-state index in [0.717, 1.165) is 19.3 Å². The van der Waals surface area contributed by atoms with E-state index in [1.807, 2.05) is 0 Å². The lowest BCUT2D eigenvalue weighted by molar-refractivity contribution is -0.384. The molecule has 0 aliphatic heterocycles. The minimum Gasteiger partial charge on any atom is -0.382 e. The zero-order valence-electron chi connectivity index (χ0n) is 10.8. The van der Waals surface area contributed by atoms with Gasteiger partial charge in [-0.15, -0.1) is 0 Å². The number of rotatable bonds is 5. The van der Waals surface area contributed by atoms with Gasteiger partial charge < -0.3 is 15.5 Å². The molecule has 0 aromatic heterocycles. The Morgan fingerprint density at radius 1 is 1.37 bits per heavy atom. The smallest absolute Gasteiger partial charge is 0.273 e. The fraction of sp³-hybridized carbons (Fsp3) is 0.500. The van der Waals surface area contributed by atoms with E-state index in [1.54, 1.807) is 13.2 Å². The third kappa shape index (κ3) is 3.33. The van der Waals surface area contributed by atoms with Gasteiger partial charge in [0.1, 0.15) is 0 Å². The number of nitro groups is 1. The Kier molecular flexibility index (Phi) is 4.18. The highest BCUT2D eigenvalue weighted by Gasteiger charge is 2.24. The largest absolute Gasteiger partial charge is 0.382 e. The first-order chi connectivity index (χ1) is 9.12. The number of non-ortho nitro benzene ring substituents is 1. The summed E-state index contributed by atoms with van der Waals surface area (Å²) in [5.41, 5.74) is 3.66. The molecule has 0 radical (unpaired) electrons. The van der Waals surface area contributed by atoms with Gasteiger partial charge in [-0.3, -0.25) is 16.0 Å². The van der Waals surface area contributed by atoms with Crippen molar-refractivity contribution >= 4 is 17.1 Å². The Bertz CT molecular complexity index is 466. The number of nitro benzene ring substituents is 1. The number of anilines is 2. The summed E-state index contributed by atoms with van der Waals surface area (Å²) < 4.78 is 5.31. The van der Waals surface area contributed by atoms with Crippen LogP contribution in [-0.2, 0) is 4.74 Å². The molecule has 2 atom stereocenters. The Balaban J connectivity index is 2.11. The van der Waals surface area contributed by atoms with Gasteiger partial charge in [0, 0.05) is 31.0 Å². The monoisotopic (exact) mass is 266 g/mol. The van der Waals surface area contributed by atoms with Crippen LogP contribution in [0.5, 0.6) is 0 Å². The Hall–Kier alpha value is -1.86. The van der Waals surface area contributed by atoms with Crippen LogP contribution >= 0.6 is 0 Å². The first kappa shape index (κ1) is 13.6. The van der Waals surface area contributed by atoms with Crippen molar-refractivity contribution in [3.05, 3.63) is 28.3 Å². The highest BCUT2D eigenvalue weighted by Crippen LogP contribution is 2.28. The average Bonchev–Trinajstić information content (AvgIpc) is 2.85. The van der Waals surface area contributed by atoms with E-state index in [2.05, 4.69) is 10.7 Å².